The minimum absolute atomic E-state index is 0.127. The van der Waals surface area contributed by atoms with Crippen molar-refractivity contribution in [2.75, 3.05) is 10.6 Å². The number of nitrogens with one attached hydrogen (secondary N) is 2. The topological polar surface area (TPSA) is 61.4 Å². The fraction of sp³-hybridized carbons (Fsp3) is 0.0500. The predicted octanol–water partition coefficient (Wildman–Crippen LogP) is 5.72. The molecule has 7 heteroatoms. The quantitative estimate of drug-likeness (QED) is 0.515. The van der Waals surface area contributed by atoms with Crippen LogP contribution in [0.4, 0.5) is 29.3 Å². The Hall–Kier alpha value is -3.48. The number of alkyl halides is 3. The van der Waals surface area contributed by atoms with Gasteiger partial charge in [0.1, 0.15) is 5.75 Å². The van der Waals surface area contributed by atoms with Crippen molar-refractivity contribution >= 4 is 17.4 Å². The van der Waals surface area contributed by atoms with Gasteiger partial charge in [0.05, 0.1) is 16.9 Å². The molecule has 2 amide bonds. The van der Waals surface area contributed by atoms with Crippen molar-refractivity contribution < 1.29 is 23.1 Å². The number of hydrogen-bond acceptors (Lipinski definition) is 2. The van der Waals surface area contributed by atoms with E-state index in [0.29, 0.717) is 11.8 Å². The van der Waals surface area contributed by atoms with Gasteiger partial charge in [0.2, 0.25) is 0 Å². The summed E-state index contributed by atoms with van der Waals surface area (Å²) in [4.78, 5) is 12.2. The van der Waals surface area contributed by atoms with Crippen molar-refractivity contribution in [3.8, 4) is 16.9 Å². The van der Waals surface area contributed by atoms with Gasteiger partial charge >= 0.3 is 12.2 Å². The lowest BCUT2D eigenvalue weighted by molar-refractivity contribution is -0.137. The Morgan fingerprint density at radius 1 is 0.815 bits per heavy atom. The molecule has 0 saturated carbocycles. The number of amides is 2. The Bertz CT molecular complexity index is 957. The van der Waals surface area contributed by atoms with Crippen molar-refractivity contribution in [2.24, 2.45) is 0 Å². The van der Waals surface area contributed by atoms with Crippen LogP contribution in [0.15, 0.2) is 72.8 Å². The molecular formula is C20H15F3N2O2. The molecule has 4 nitrogen and oxygen atoms in total. The van der Waals surface area contributed by atoms with Gasteiger partial charge in [-0.15, -0.1) is 0 Å². The highest BCUT2D eigenvalue weighted by Crippen LogP contribution is 2.34. The third kappa shape index (κ3) is 4.38. The van der Waals surface area contributed by atoms with E-state index in [9.17, 15) is 23.1 Å². The average molecular weight is 372 g/mol. The zero-order valence-corrected chi connectivity index (χ0v) is 13.9. The number of hydrogen-bond donors (Lipinski definition) is 3. The van der Waals surface area contributed by atoms with Gasteiger partial charge in [-0.05, 0) is 29.8 Å². The normalized spacial score (nSPS) is 11.1. The lowest BCUT2D eigenvalue weighted by Crippen LogP contribution is -2.20. The summed E-state index contributed by atoms with van der Waals surface area (Å²) in [6.07, 6.45) is -4.58. The number of aromatic hydroxyl groups is 1. The van der Waals surface area contributed by atoms with Crippen molar-refractivity contribution in [3.05, 3.63) is 78.4 Å². The first-order valence-corrected chi connectivity index (χ1v) is 7.97. The highest BCUT2D eigenvalue weighted by molar-refractivity contribution is 6.03. The molecule has 3 N–H and O–H groups in total. The Labute approximate surface area is 153 Å². The summed E-state index contributed by atoms with van der Waals surface area (Å²) in [5.74, 6) is -0.670. The SMILES string of the molecule is O=C(Nc1ccc(C(F)(F)F)cc1O)Nc1ccccc1-c1ccccc1. The lowest BCUT2D eigenvalue weighted by atomic mass is 10.0. The van der Waals surface area contributed by atoms with Gasteiger partial charge in [0.15, 0.2) is 0 Å². The van der Waals surface area contributed by atoms with Crippen LogP contribution in [0.25, 0.3) is 11.1 Å². The summed E-state index contributed by atoms with van der Waals surface area (Å²) < 4.78 is 37.9. The van der Waals surface area contributed by atoms with Crippen LogP contribution in [0, 0.1) is 0 Å². The number of carbonyl (C=O) groups is 1. The molecule has 0 aliphatic heterocycles. The largest absolute Gasteiger partial charge is 0.506 e. The number of urea groups is 1. The van der Waals surface area contributed by atoms with Gasteiger partial charge < -0.3 is 15.7 Å². The second kappa shape index (κ2) is 7.41. The second-order valence-corrected chi connectivity index (χ2v) is 5.72. The molecule has 0 aromatic heterocycles. The predicted molar refractivity (Wildman–Crippen MR) is 97.6 cm³/mol. The standard InChI is InChI=1S/C20H15F3N2O2/c21-20(22,23)14-10-11-17(18(26)12-14)25-19(27)24-16-9-5-4-8-15(16)13-6-2-1-3-7-13/h1-12,26H,(H2,24,25,27). The average Bonchev–Trinajstić information content (AvgIpc) is 2.64. The van der Waals surface area contributed by atoms with Gasteiger partial charge in [-0.25, -0.2) is 4.79 Å². The summed E-state index contributed by atoms with van der Waals surface area (Å²) >= 11 is 0. The van der Waals surface area contributed by atoms with E-state index in [1.807, 2.05) is 42.5 Å². The summed E-state index contributed by atoms with van der Waals surface area (Å²) in [6.45, 7) is 0. The minimum Gasteiger partial charge on any atom is -0.506 e. The van der Waals surface area contributed by atoms with Crippen LogP contribution < -0.4 is 10.6 Å². The molecule has 0 bridgehead atoms. The van der Waals surface area contributed by atoms with Crippen molar-refractivity contribution in [1.82, 2.24) is 0 Å². The fourth-order valence-corrected chi connectivity index (χ4v) is 2.55. The molecular weight excluding hydrogens is 357 g/mol. The first kappa shape index (κ1) is 18.3. The van der Waals surface area contributed by atoms with Crippen molar-refractivity contribution in [2.45, 2.75) is 6.18 Å². The van der Waals surface area contributed by atoms with Crippen LogP contribution in [0.2, 0.25) is 0 Å². The molecule has 0 atom stereocenters. The number of phenolic OH excluding ortho intramolecular Hbond substituents is 1. The van der Waals surface area contributed by atoms with Crippen LogP contribution >= 0.6 is 0 Å². The third-order valence-corrected chi connectivity index (χ3v) is 3.83. The number of halogens is 3. The van der Waals surface area contributed by atoms with Gasteiger partial charge in [0.25, 0.3) is 0 Å². The van der Waals surface area contributed by atoms with Crippen LogP contribution in [0.5, 0.6) is 5.75 Å². The molecule has 3 rings (SSSR count). The Balaban J connectivity index is 1.78. The monoisotopic (exact) mass is 372 g/mol. The summed E-state index contributed by atoms with van der Waals surface area (Å²) in [5, 5.41) is 14.8. The Morgan fingerprint density at radius 3 is 2.11 bits per heavy atom. The summed E-state index contributed by atoms with van der Waals surface area (Å²) in [6, 6.07) is 18.2. The van der Waals surface area contributed by atoms with Crippen LogP contribution in [0.3, 0.4) is 0 Å². The Morgan fingerprint density at radius 2 is 1.44 bits per heavy atom. The first-order valence-electron chi connectivity index (χ1n) is 7.97. The minimum atomic E-state index is -4.58. The summed E-state index contributed by atoms with van der Waals surface area (Å²) in [7, 11) is 0. The molecule has 0 fully saturated rings. The highest BCUT2D eigenvalue weighted by atomic mass is 19.4. The van der Waals surface area contributed by atoms with E-state index in [1.165, 1.54) is 0 Å². The van der Waals surface area contributed by atoms with Gasteiger partial charge in [-0.2, -0.15) is 13.2 Å². The molecule has 0 radical (unpaired) electrons. The number of para-hydroxylation sites is 1. The molecule has 27 heavy (non-hydrogen) atoms. The Kier molecular flexibility index (Phi) is 5.03. The molecule has 0 unspecified atom stereocenters. The smallest absolute Gasteiger partial charge is 0.416 e. The number of carbonyl (C=O) groups excluding carboxylic acids is 1. The van der Waals surface area contributed by atoms with Crippen LogP contribution in [-0.4, -0.2) is 11.1 Å². The van der Waals surface area contributed by atoms with Crippen LogP contribution in [0.1, 0.15) is 5.56 Å². The van der Waals surface area contributed by atoms with E-state index >= 15 is 0 Å². The van der Waals surface area contributed by atoms with E-state index in [4.69, 9.17) is 0 Å². The van der Waals surface area contributed by atoms with Gasteiger partial charge in [0, 0.05) is 5.56 Å². The van der Waals surface area contributed by atoms with Gasteiger partial charge in [-0.1, -0.05) is 48.5 Å². The van der Waals surface area contributed by atoms with E-state index < -0.39 is 23.5 Å². The van der Waals surface area contributed by atoms with E-state index in [-0.39, 0.29) is 5.69 Å². The number of rotatable bonds is 3. The van der Waals surface area contributed by atoms with E-state index in [0.717, 1.165) is 23.3 Å². The summed E-state index contributed by atoms with van der Waals surface area (Å²) in [5.41, 5.74) is 1.07. The third-order valence-electron chi connectivity index (χ3n) is 3.83. The van der Waals surface area contributed by atoms with Gasteiger partial charge in [-0.3, -0.25) is 0 Å². The fourth-order valence-electron chi connectivity index (χ4n) is 2.55. The maximum Gasteiger partial charge on any atom is 0.416 e. The molecule has 0 aliphatic carbocycles. The zero-order valence-electron chi connectivity index (χ0n) is 13.9. The molecule has 0 heterocycles. The lowest BCUT2D eigenvalue weighted by Gasteiger charge is -2.14. The first-order chi connectivity index (χ1) is 12.8. The van der Waals surface area contributed by atoms with Crippen molar-refractivity contribution in [3.63, 3.8) is 0 Å². The molecule has 0 saturated heterocycles. The number of phenols is 1. The van der Waals surface area contributed by atoms with Crippen molar-refractivity contribution in [1.29, 1.82) is 0 Å². The molecule has 0 spiro atoms. The maximum atomic E-state index is 12.6. The second-order valence-electron chi connectivity index (χ2n) is 5.72. The molecule has 3 aromatic rings. The zero-order chi connectivity index (χ0) is 19.4. The number of anilines is 2. The highest BCUT2D eigenvalue weighted by Gasteiger charge is 2.31. The van der Waals surface area contributed by atoms with E-state index in [2.05, 4.69) is 10.6 Å². The van der Waals surface area contributed by atoms with E-state index in [1.54, 1.807) is 12.1 Å². The molecule has 3 aromatic carbocycles. The number of benzene rings is 3. The van der Waals surface area contributed by atoms with Crippen LogP contribution in [-0.2, 0) is 6.18 Å². The molecule has 0 aliphatic rings. The molecule has 138 valence electrons. The maximum absolute atomic E-state index is 12.6.